The Balaban J connectivity index is 2.05. The number of hydrogen-bond donors (Lipinski definition) is 1. The van der Waals surface area contributed by atoms with E-state index in [-0.39, 0.29) is 22.3 Å². The van der Waals surface area contributed by atoms with E-state index in [1.807, 2.05) is 0 Å². The van der Waals surface area contributed by atoms with Gasteiger partial charge in [0.25, 0.3) is 0 Å². The van der Waals surface area contributed by atoms with Gasteiger partial charge < -0.3 is 9.52 Å². The molecule has 1 N–H and O–H groups in total. The summed E-state index contributed by atoms with van der Waals surface area (Å²) in [5, 5.41) is 21.0. The number of hydrogen-bond acceptors (Lipinski definition) is 6. The van der Waals surface area contributed by atoms with E-state index in [1.165, 1.54) is 29.1 Å². The summed E-state index contributed by atoms with van der Waals surface area (Å²) < 4.78 is 46.0. The Labute approximate surface area is 160 Å². The molecule has 0 spiro atoms. The van der Waals surface area contributed by atoms with E-state index in [2.05, 4.69) is 15.3 Å². The van der Waals surface area contributed by atoms with Crippen LogP contribution in [0.3, 0.4) is 0 Å². The predicted molar refractivity (Wildman–Crippen MR) is 95.3 cm³/mol. The standard InChI is InChI=1S/C17H13F3N4O3S/c1-10-12(6-7-27-10)15-22-23-16(28-9-14(25)26)24(15)21-8-11-4-2-3-5-13(11)17(18,19)20/h2-8H,9H2,1H3,(H,25,26)/b21-8-. The molecular weight excluding hydrogens is 397 g/mol. The van der Waals surface area contributed by atoms with Crippen LogP contribution in [0.25, 0.3) is 11.4 Å². The van der Waals surface area contributed by atoms with Crippen LogP contribution in [0, 0.1) is 6.92 Å². The summed E-state index contributed by atoms with van der Waals surface area (Å²) >= 11 is 0.847. The normalized spacial score (nSPS) is 12.0. The molecule has 0 amide bonds. The van der Waals surface area contributed by atoms with Gasteiger partial charge in [-0.05, 0) is 19.1 Å². The number of nitrogens with zero attached hydrogens (tertiary/aromatic N) is 4. The Bertz CT molecular complexity index is 1030. The average molecular weight is 410 g/mol. The van der Waals surface area contributed by atoms with Crippen molar-refractivity contribution in [3.05, 3.63) is 53.5 Å². The molecule has 0 saturated heterocycles. The summed E-state index contributed by atoms with van der Waals surface area (Å²) in [6.07, 6.45) is -2.08. The summed E-state index contributed by atoms with van der Waals surface area (Å²) in [5.74, 6) is -0.654. The van der Waals surface area contributed by atoms with Crippen LogP contribution in [0.2, 0.25) is 0 Å². The van der Waals surface area contributed by atoms with Crippen LogP contribution in [0.5, 0.6) is 0 Å². The van der Waals surface area contributed by atoms with Crippen molar-refractivity contribution in [3.8, 4) is 11.4 Å². The molecule has 146 valence electrons. The number of halogens is 3. The zero-order valence-corrected chi connectivity index (χ0v) is 15.2. The van der Waals surface area contributed by atoms with E-state index < -0.39 is 17.7 Å². The summed E-state index contributed by atoms with van der Waals surface area (Å²) in [5.41, 5.74) is -0.448. The number of carboxylic acid groups (broad SMARTS) is 1. The highest BCUT2D eigenvalue weighted by Gasteiger charge is 2.32. The largest absolute Gasteiger partial charge is 0.481 e. The van der Waals surface area contributed by atoms with E-state index in [0.29, 0.717) is 11.3 Å². The van der Waals surface area contributed by atoms with Gasteiger partial charge in [0.05, 0.1) is 29.4 Å². The second-order valence-corrected chi connectivity index (χ2v) is 6.46. The van der Waals surface area contributed by atoms with Crippen molar-refractivity contribution in [2.24, 2.45) is 5.10 Å². The maximum atomic E-state index is 13.2. The lowest BCUT2D eigenvalue weighted by Gasteiger charge is -2.09. The molecule has 2 heterocycles. The predicted octanol–water partition coefficient (Wildman–Crippen LogP) is 3.92. The number of alkyl halides is 3. The number of carboxylic acids is 1. The zero-order chi connectivity index (χ0) is 20.3. The van der Waals surface area contributed by atoms with Gasteiger partial charge in [-0.2, -0.15) is 22.9 Å². The van der Waals surface area contributed by atoms with Crippen LogP contribution in [-0.4, -0.2) is 37.9 Å². The van der Waals surface area contributed by atoms with Crippen molar-refractivity contribution in [3.63, 3.8) is 0 Å². The first-order chi connectivity index (χ1) is 13.3. The van der Waals surface area contributed by atoms with Crippen molar-refractivity contribution in [2.75, 3.05) is 5.75 Å². The van der Waals surface area contributed by atoms with Crippen molar-refractivity contribution in [1.82, 2.24) is 14.9 Å². The topological polar surface area (TPSA) is 93.5 Å². The lowest BCUT2D eigenvalue weighted by Crippen LogP contribution is -2.09. The van der Waals surface area contributed by atoms with Crippen molar-refractivity contribution in [1.29, 1.82) is 0 Å². The Morgan fingerprint density at radius 1 is 1.32 bits per heavy atom. The third-order valence-electron chi connectivity index (χ3n) is 3.62. The minimum Gasteiger partial charge on any atom is -0.481 e. The summed E-state index contributed by atoms with van der Waals surface area (Å²) in [4.78, 5) is 10.9. The summed E-state index contributed by atoms with van der Waals surface area (Å²) in [6.45, 7) is 1.68. The Kier molecular flexibility index (Phi) is 5.54. The first-order valence-corrected chi connectivity index (χ1v) is 8.81. The average Bonchev–Trinajstić information content (AvgIpc) is 3.23. The number of aromatic nitrogens is 3. The molecule has 0 aliphatic heterocycles. The summed E-state index contributed by atoms with van der Waals surface area (Å²) in [6, 6.07) is 6.59. The third-order valence-corrected chi connectivity index (χ3v) is 4.52. The highest BCUT2D eigenvalue weighted by Crippen LogP contribution is 2.31. The Morgan fingerprint density at radius 2 is 2.07 bits per heavy atom. The van der Waals surface area contributed by atoms with E-state index in [1.54, 1.807) is 13.0 Å². The molecule has 0 bridgehead atoms. The summed E-state index contributed by atoms with van der Waals surface area (Å²) in [7, 11) is 0. The minimum absolute atomic E-state index is 0.124. The minimum atomic E-state index is -4.54. The first kappa shape index (κ1) is 19.7. The maximum absolute atomic E-state index is 13.2. The van der Waals surface area contributed by atoms with Crippen LogP contribution < -0.4 is 0 Å². The molecular formula is C17H13F3N4O3S. The Hall–Kier alpha value is -3.08. The van der Waals surface area contributed by atoms with Gasteiger partial charge in [-0.3, -0.25) is 4.79 Å². The second kappa shape index (κ2) is 7.89. The van der Waals surface area contributed by atoms with E-state index in [9.17, 15) is 18.0 Å². The van der Waals surface area contributed by atoms with Gasteiger partial charge in [-0.25, -0.2) is 0 Å². The first-order valence-electron chi connectivity index (χ1n) is 7.82. The third kappa shape index (κ3) is 4.25. The van der Waals surface area contributed by atoms with E-state index >= 15 is 0 Å². The fourth-order valence-electron chi connectivity index (χ4n) is 2.36. The molecule has 3 rings (SSSR count). The maximum Gasteiger partial charge on any atom is 0.417 e. The monoisotopic (exact) mass is 410 g/mol. The van der Waals surface area contributed by atoms with Gasteiger partial charge in [0.15, 0.2) is 5.82 Å². The fourth-order valence-corrected chi connectivity index (χ4v) is 2.97. The van der Waals surface area contributed by atoms with E-state index in [0.717, 1.165) is 24.0 Å². The van der Waals surface area contributed by atoms with Crippen molar-refractivity contribution in [2.45, 2.75) is 18.3 Å². The molecule has 2 aromatic heterocycles. The van der Waals surface area contributed by atoms with Crippen LogP contribution in [0.4, 0.5) is 13.2 Å². The van der Waals surface area contributed by atoms with Crippen LogP contribution in [0.15, 0.2) is 51.3 Å². The smallest absolute Gasteiger partial charge is 0.417 e. The number of thioether (sulfide) groups is 1. The van der Waals surface area contributed by atoms with E-state index in [4.69, 9.17) is 9.52 Å². The second-order valence-electron chi connectivity index (χ2n) is 5.52. The number of aryl methyl sites for hydroxylation is 1. The van der Waals surface area contributed by atoms with Crippen LogP contribution in [-0.2, 0) is 11.0 Å². The molecule has 0 saturated carbocycles. The Morgan fingerprint density at radius 3 is 2.71 bits per heavy atom. The lowest BCUT2D eigenvalue weighted by molar-refractivity contribution is -0.137. The number of carbonyl (C=O) groups is 1. The number of rotatable bonds is 6. The molecule has 0 aliphatic carbocycles. The number of benzene rings is 1. The highest BCUT2D eigenvalue weighted by atomic mass is 32.2. The van der Waals surface area contributed by atoms with Crippen LogP contribution >= 0.6 is 11.8 Å². The van der Waals surface area contributed by atoms with Crippen molar-refractivity contribution < 1.29 is 27.5 Å². The number of furan rings is 1. The lowest BCUT2D eigenvalue weighted by atomic mass is 10.1. The quantitative estimate of drug-likeness (QED) is 0.489. The van der Waals surface area contributed by atoms with Gasteiger partial charge in [0.1, 0.15) is 5.76 Å². The zero-order valence-electron chi connectivity index (χ0n) is 14.3. The van der Waals surface area contributed by atoms with Gasteiger partial charge in [0.2, 0.25) is 5.16 Å². The molecule has 0 fully saturated rings. The SMILES string of the molecule is Cc1occc1-c1nnc(SCC(=O)O)n1/N=C\c1ccccc1C(F)(F)F. The molecule has 11 heteroatoms. The molecule has 28 heavy (non-hydrogen) atoms. The van der Waals surface area contributed by atoms with Crippen molar-refractivity contribution >= 4 is 23.9 Å². The molecule has 0 atom stereocenters. The molecule has 0 aliphatic rings. The van der Waals surface area contributed by atoms with Crippen LogP contribution in [0.1, 0.15) is 16.9 Å². The molecule has 3 aromatic rings. The number of aliphatic carboxylic acids is 1. The fraction of sp³-hybridized carbons (Fsp3) is 0.176. The molecule has 0 unspecified atom stereocenters. The van der Waals surface area contributed by atoms with Gasteiger partial charge in [0, 0.05) is 5.56 Å². The molecule has 0 radical (unpaired) electrons. The molecule has 1 aromatic carbocycles. The van der Waals surface area contributed by atoms with Gasteiger partial charge >= 0.3 is 12.1 Å². The highest BCUT2D eigenvalue weighted by molar-refractivity contribution is 7.99. The van der Waals surface area contributed by atoms with Gasteiger partial charge in [-0.15, -0.1) is 10.2 Å². The molecule has 7 nitrogen and oxygen atoms in total. The van der Waals surface area contributed by atoms with Gasteiger partial charge in [-0.1, -0.05) is 30.0 Å².